The van der Waals surface area contributed by atoms with Gasteiger partial charge in [0.15, 0.2) is 0 Å². The molecular formula is C12H20N2O4S. The lowest BCUT2D eigenvalue weighted by atomic mass is 10.0. The maximum Gasteiger partial charge on any atom is 0.327 e. The third-order valence-electron chi connectivity index (χ3n) is 2.97. The Morgan fingerprint density at radius 1 is 1.53 bits per heavy atom. The normalized spacial score (nSPS) is 23.4. The smallest absolute Gasteiger partial charge is 0.327 e. The van der Waals surface area contributed by atoms with E-state index >= 15 is 0 Å². The molecule has 1 aliphatic heterocycles. The monoisotopic (exact) mass is 288 g/mol. The van der Waals surface area contributed by atoms with Gasteiger partial charge in [0.2, 0.25) is 11.8 Å². The molecule has 0 aromatic carbocycles. The molecule has 2 atom stereocenters. The van der Waals surface area contributed by atoms with Crippen LogP contribution < -0.4 is 5.32 Å². The number of carbonyl (C=O) groups excluding carboxylic acids is 2. The standard InChI is InChI=1S/C12H20N2O4S/c1-7(2)5-9-13-10(15)6-8(12(17)18)14(9)11(16)3-4-19/h7-9,19H,3-6H2,1-2H3,(H,13,15)(H,17,18)/t8-,9-/m0/s1. The number of thiol groups is 1. The topological polar surface area (TPSA) is 86.7 Å². The van der Waals surface area contributed by atoms with Crippen LogP contribution in [0, 0.1) is 5.92 Å². The van der Waals surface area contributed by atoms with E-state index in [1.165, 1.54) is 4.90 Å². The van der Waals surface area contributed by atoms with E-state index in [9.17, 15) is 19.5 Å². The van der Waals surface area contributed by atoms with Gasteiger partial charge in [0, 0.05) is 6.42 Å². The van der Waals surface area contributed by atoms with E-state index in [1.807, 2.05) is 13.8 Å². The van der Waals surface area contributed by atoms with Gasteiger partial charge in [0.05, 0.1) is 6.42 Å². The minimum Gasteiger partial charge on any atom is -0.480 e. The van der Waals surface area contributed by atoms with Gasteiger partial charge in [-0.05, 0) is 18.1 Å². The van der Waals surface area contributed by atoms with Crippen molar-refractivity contribution in [3.05, 3.63) is 0 Å². The van der Waals surface area contributed by atoms with Crippen molar-refractivity contribution in [2.45, 2.75) is 45.3 Å². The van der Waals surface area contributed by atoms with E-state index in [1.54, 1.807) is 0 Å². The summed E-state index contributed by atoms with van der Waals surface area (Å²) in [5.74, 6) is -1.16. The van der Waals surface area contributed by atoms with E-state index < -0.39 is 18.2 Å². The van der Waals surface area contributed by atoms with Crippen molar-refractivity contribution in [3.63, 3.8) is 0 Å². The second kappa shape index (κ2) is 6.79. The van der Waals surface area contributed by atoms with E-state index in [-0.39, 0.29) is 30.6 Å². The summed E-state index contributed by atoms with van der Waals surface area (Å²) in [5.41, 5.74) is 0. The SMILES string of the molecule is CC(C)C[C@H]1NC(=O)C[C@@H](C(=O)O)N1C(=O)CCS. The van der Waals surface area contributed by atoms with Crippen molar-refractivity contribution >= 4 is 30.4 Å². The summed E-state index contributed by atoms with van der Waals surface area (Å²) in [5, 5.41) is 11.9. The Labute approximate surface area is 117 Å². The lowest BCUT2D eigenvalue weighted by molar-refractivity contribution is -0.159. The van der Waals surface area contributed by atoms with E-state index in [0.29, 0.717) is 12.2 Å². The van der Waals surface area contributed by atoms with Crippen LogP contribution in [0.5, 0.6) is 0 Å². The highest BCUT2D eigenvalue weighted by atomic mass is 32.1. The van der Waals surface area contributed by atoms with Crippen LogP contribution in [0.15, 0.2) is 0 Å². The Hall–Kier alpha value is -1.24. The molecule has 0 aliphatic carbocycles. The number of carboxylic acid groups (broad SMARTS) is 1. The minimum absolute atomic E-state index is 0.164. The fourth-order valence-corrected chi connectivity index (χ4v) is 2.39. The highest BCUT2D eigenvalue weighted by Crippen LogP contribution is 2.20. The second-order valence-electron chi connectivity index (χ2n) is 5.05. The number of nitrogens with zero attached hydrogens (tertiary/aromatic N) is 1. The van der Waals surface area contributed by atoms with Crippen LogP contribution in [-0.4, -0.2) is 45.8 Å². The summed E-state index contributed by atoms with van der Waals surface area (Å²) < 4.78 is 0. The van der Waals surface area contributed by atoms with Crippen LogP contribution in [-0.2, 0) is 14.4 Å². The van der Waals surface area contributed by atoms with Gasteiger partial charge in [-0.3, -0.25) is 9.59 Å². The second-order valence-corrected chi connectivity index (χ2v) is 5.49. The van der Waals surface area contributed by atoms with Crippen LogP contribution in [0.1, 0.15) is 33.1 Å². The molecule has 1 heterocycles. The molecule has 6 nitrogen and oxygen atoms in total. The highest BCUT2D eigenvalue weighted by Gasteiger charge is 2.40. The summed E-state index contributed by atoms with van der Waals surface area (Å²) in [7, 11) is 0. The first-order chi connectivity index (χ1) is 8.86. The van der Waals surface area contributed by atoms with Gasteiger partial charge >= 0.3 is 5.97 Å². The van der Waals surface area contributed by atoms with Crippen LogP contribution in [0.4, 0.5) is 0 Å². The van der Waals surface area contributed by atoms with E-state index in [0.717, 1.165) is 0 Å². The predicted molar refractivity (Wildman–Crippen MR) is 72.7 cm³/mol. The maximum atomic E-state index is 12.1. The molecule has 1 fully saturated rings. The van der Waals surface area contributed by atoms with Gasteiger partial charge in [-0.15, -0.1) is 0 Å². The molecule has 0 aromatic heterocycles. The Morgan fingerprint density at radius 2 is 2.16 bits per heavy atom. The largest absolute Gasteiger partial charge is 0.480 e. The average molecular weight is 288 g/mol. The number of rotatable bonds is 5. The zero-order valence-corrected chi connectivity index (χ0v) is 12.0. The molecule has 0 radical (unpaired) electrons. The fourth-order valence-electron chi connectivity index (χ4n) is 2.20. The van der Waals surface area contributed by atoms with Crippen molar-refractivity contribution in [2.75, 3.05) is 5.75 Å². The third kappa shape index (κ3) is 4.12. The van der Waals surface area contributed by atoms with Gasteiger partial charge in [-0.2, -0.15) is 12.6 Å². The van der Waals surface area contributed by atoms with Gasteiger partial charge < -0.3 is 15.3 Å². The molecule has 108 valence electrons. The Kier molecular flexibility index (Phi) is 5.65. The average Bonchev–Trinajstić information content (AvgIpc) is 2.27. The summed E-state index contributed by atoms with van der Waals surface area (Å²) in [6, 6.07) is -1.08. The van der Waals surface area contributed by atoms with Crippen LogP contribution >= 0.6 is 12.6 Å². The molecule has 2 amide bonds. The van der Waals surface area contributed by atoms with Crippen molar-refractivity contribution in [2.24, 2.45) is 5.92 Å². The summed E-state index contributed by atoms with van der Waals surface area (Å²) in [6.07, 6.45) is -0.0392. The van der Waals surface area contributed by atoms with Gasteiger partial charge in [-0.1, -0.05) is 13.8 Å². The molecule has 2 N–H and O–H groups in total. The number of carbonyl (C=O) groups is 3. The lowest BCUT2D eigenvalue weighted by Gasteiger charge is -2.41. The minimum atomic E-state index is -1.14. The lowest BCUT2D eigenvalue weighted by Crippen LogP contribution is -2.63. The number of amides is 2. The number of hydrogen-bond acceptors (Lipinski definition) is 4. The Bertz CT molecular complexity index is 373. The number of nitrogens with one attached hydrogen (secondary N) is 1. The predicted octanol–water partition coefficient (Wildman–Crippen LogP) is 0.480. The maximum absolute atomic E-state index is 12.1. The first-order valence-corrected chi connectivity index (χ1v) is 6.94. The molecule has 0 saturated carbocycles. The zero-order chi connectivity index (χ0) is 14.6. The molecule has 19 heavy (non-hydrogen) atoms. The van der Waals surface area contributed by atoms with Gasteiger partial charge in [-0.25, -0.2) is 4.79 Å². The number of carboxylic acids is 1. The van der Waals surface area contributed by atoms with Crippen LogP contribution in [0.3, 0.4) is 0 Å². The molecule has 0 aromatic rings. The quantitative estimate of drug-likeness (QED) is 0.642. The summed E-state index contributed by atoms with van der Waals surface area (Å²) in [6.45, 7) is 3.91. The first kappa shape index (κ1) is 15.8. The Morgan fingerprint density at radius 3 is 2.63 bits per heavy atom. The van der Waals surface area contributed by atoms with Crippen molar-refractivity contribution < 1.29 is 19.5 Å². The molecule has 0 spiro atoms. The van der Waals surface area contributed by atoms with Crippen molar-refractivity contribution in [1.29, 1.82) is 0 Å². The molecule has 0 unspecified atom stereocenters. The molecule has 1 saturated heterocycles. The molecule has 0 bridgehead atoms. The first-order valence-electron chi connectivity index (χ1n) is 6.31. The summed E-state index contributed by atoms with van der Waals surface area (Å²) >= 11 is 4.00. The molecule has 7 heteroatoms. The van der Waals surface area contributed by atoms with Gasteiger partial charge in [0.25, 0.3) is 0 Å². The van der Waals surface area contributed by atoms with Crippen molar-refractivity contribution in [3.8, 4) is 0 Å². The Balaban J connectivity index is 2.98. The third-order valence-corrected chi connectivity index (χ3v) is 3.19. The molecule has 1 rings (SSSR count). The number of hydrogen-bond donors (Lipinski definition) is 3. The van der Waals surface area contributed by atoms with E-state index in [4.69, 9.17) is 0 Å². The highest BCUT2D eigenvalue weighted by molar-refractivity contribution is 7.80. The molecule has 1 aliphatic rings. The molecular weight excluding hydrogens is 268 g/mol. The summed E-state index contributed by atoms with van der Waals surface area (Å²) in [4.78, 5) is 36.2. The van der Waals surface area contributed by atoms with Crippen molar-refractivity contribution in [1.82, 2.24) is 10.2 Å². The number of aliphatic carboxylic acids is 1. The van der Waals surface area contributed by atoms with E-state index in [2.05, 4.69) is 17.9 Å². The van der Waals surface area contributed by atoms with Gasteiger partial charge in [0.1, 0.15) is 12.2 Å². The van der Waals surface area contributed by atoms with Crippen LogP contribution in [0.2, 0.25) is 0 Å². The fraction of sp³-hybridized carbons (Fsp3) is 0.750. The zero-order valence-electron chi connectivity index (χ0n) is 11.1. The van der Waals surface area contributed by atoms with Crippen LogP contribution in [0.25, 0.3) is 0 Å².